The summed E-state index contributed by atoms with van der Waals surface area (Å²) < 4.78 is 36.5. The molecule has 0 aliphatic carbocycles. The predicted octanol–water partition coefficient (Wildman–Crippen LogP) is -0.207. The molecule has 1 aromatic rings. The van der Waals surface area contributed by atoms with E-state index >= 15 is 0 Å². The molecule has 1 fully saturated rings. The molecule has 1 amide bonds. The average Bonchev–Trinajstić information content (AvgIpc) is 2.85. The molecule has 1 aromatic carbocycles. The normalized spacial score (nSPS) is 29.5. The van der Waals surface area contributed by atoms with Crippen molar-refractivity contribution in [3.05, 3.63) is 29.6 Å². The molecule has 2 aliphatic heterocycles. The van der Waals surface area contributed by atoms with Crippen LogP contribution in [0.2, 0.25) is 0 Å². The van der Waals surface area contributed by atoms with Gasteiger partial charge in [-0.3, -0.25) is 4.79 Å². The first kappa shape index (κ1) is 15.2. The van der Waals surface area contributed by atoms with Crippen molar-refractivity contribution in [3.63, 3.8) is 0 Å². The van der Waals surface area contributed by atoms with Crippen LogP contribution in [0, 0.1) is 5.82 Å². The van der Waals surface area contributed by atoms with Gasteiger partial charge in [-0.25, -0.2) is 12.8 Å². The van der Waals surface area contributed by atoms with Crippen LogP contribution in [-0.4, -0.2) is 44.0 Å². The third-order valence-corrected chi connectivity index (χ3v) is 5.90. The monoisotopic (exact) mass is 327 g/mol. The fourth-order valence-corrected chi connectivity index (χ4v) is 4.59. The largest absolute Gasteiger partial charge is 0.373 e. The number of nitrogens with two attached hydrogens (primary N) is 1. The molecule has 0 bridgehead atoms. The topological polar surface area (TPSA) is 101 Å². The van der Waals surface area contributed by atoms with Crippen molar-refractivity contribution in [2.45, 2.75) is 31.0 Å². The highest BCUT2D eigenvalue weighted by Gasteiger charge is 2.34. The van der Waals surface area contributed by atoms with Gasteiger partial charge in [-0.15, -0.1) is 0 Å². The van der Waals surface area contributed by atoms with E-state index in [0.29, 0.717) is 12.8 Å². The lowest BCUT2D eigenvalue weighted by Crippen LogP contribution is -2.57. The first-order valence-electron chi connectivity index (χ1n) is 7.15. The molecular weight excluding hydrogens is 309 g/mol. The zero-order valence-corrected chi connectivity index (χ0v) is 12.7. The molecule has 8 heteroatoms. The van der Waals surface area contributed by atoms with Crippen molar-refractivity contribution >= 4 is 21.4 Å². The van der Waals surface area contributed by atoms with Crippen molar-refractivity contribution in [3.8, 4) is 0 Å². The number of carbonyl (C=O) groups is 1. The van der Waals surface area contributed by atoms with Gasteiger partial charge in [0.25, 0.3) is 0 Å². The van der Waals surface area contributed by atoms with Gasteiger partial charge in [-0.2, -0.15) is 0 Å². The zero-order chi connectivity index (χ0) is 15.9. The van der Waals surface area contributed by atoms with Crippen molar-refractivity contribution in [1.82, 2.24) is 5.32 Å². The molecule has 6 nitrogen and oxygen atoms in total. The highest BCUT2D eigenvalue weighted by atomic mass is 32.2. The zero-order valence-electron chi connectivity index (χ0n) is 11.9. The number of hydrogen-bond acceptors (Lipinski definition) is 5. The van der Waals surface area contributed by atoms with Gasteiger partial charge in [0.05, 0.1) is 17.5 Å². The van der Waals surface area contributed by atoms with Crippen molar-refractivity contribution < 1.29 is 17.6 Å². The Kier molecular flexibility index (Phi) is 3.82. The first-order valence-corrected chi connectivity index (χ1v) is 8.97. The van der Waals surface area contributed by atoms with Crippen molar-refractivity contribution in [2.75, 3.05) is 16.8 Å². The number of halogens is 1. The molecule has 4 N–H and O–H groups in total. The van der Waals surface area contributed by atoms with Crippen LogP contribution in [0.1, 0.15) is 12.0 Å². The Morgan fingerprint density at radius 3 is 2.95 bits per heavy atom. The van der Waals surface area contributed by atoms with E-state index in [1.165, 1.54) is 12.1 Å². The summed E-state index contributed by atoms with van der Waals surface area (Å²) in [5.41, 5.74) is 7.36. The molecule has 3 rings (SSSR count). The summed E-state index contributed by atoms with van der Waals surface area (Å²) in [6, 6.07) is 2.84. The van der Waals surface area contributed by atoms with Crippen molar-refractivity contribution in [2.24, 2.45) is 5.73 Å². The number of carbonyl (C=O) groups excluding carboxylic acids is 1. The molecule has 120 valence electrons. The van der Waals surface area contributed by atoms with E-state index in [0.717, 1.165) is 11.3 Å². The molecule has 0 aromatic heterocycles. The molecule has 0 radical (unpaired) electrons. The van der Waals surface area contributed by atoms with Gasteiger partial charge < -0.3 is 16.4 Å². The second-order valence-electron chi connectivity index (χ2n) is 5.88. The lowest BCUT2D eigenvalue weighted by Gasteiger charge is -2.30. The van der Waals surface area contributed by atoms with Crippen LogP contribution in [0.5, 0.6) is 0 Å². The number of amides is 1. The van der Waals surface area contributed by atoms with Crippen molar-refractivity contribution in [1.29, 1.82) is 0 Å². The summed E-state index contributed by atoms with van der Waals surface area (Å²) in [5, 5.41) is 5.73. The average molecular weight is 327 g/mol. The number of sulfone groups is 1. The van der Waals surface area contributed by atoms with Crippen LogP contribution in [0.15, 0.2) is 18.2 Å². The van der Waals surface area contributed by atoms with E-state index in [2.05, 4.69) is 10.6 Å². The van der Waals surface area contributed by atoms with Gasteiger partial charge in [-0.1, -0.05) is 0 Å². The van der Waals surface area contributed by atoms with Gasteiger partial charge in [0.1, 0.15) is 11.9 Å². The summed E-state index contributed by atoms with van der Waals surface area (Å²) in [6.45, 7) is 0. The van der Waals surface area contributed by atoms with Gasteiger partial charge >= 0.3 is 0 Å². The second-order valence-corrected chi connectivity index (χ2v) is 8.11. The Balaban J connectivity index is 1.66. The van der Waals surface area contributed by atoms with Crippen LogP contribution < -0.4 is 16.4 Å². The van der Waals surface area contributed by atoms with Gasteiger partial charge in [0.2, 0.25) is 5.91 Å². The maximum Gasteiger partial charge on any atom is 0.243 e. The van der Waals surface area contributed by atoms with E-state index in [1.54, 1.807) is 6.07 Å². The lowest BCUT2D eigenvalue weighted by atomic mass is 10.1. The van der Waals surface area contributed by atoms with E-state index in [-0.39, 0.29) is 29.3 Å². The van der Waals surface area contributed by atoms with Crippen LogP contribution in [-0.2, 0) is 21.1 Å². The highest BCUT2D eigenvalue weighted by Crippen LogP contribution is 2.26. The summed E-state index contributed by atoms with van der Waals surface area (Å²) in [6.07, 6.45) is 0.713. The quantitative estimate of drug-likeness (QED) is 0.698. The summed E-state index contributed by atoms with van der Waals surface area (Å²) >= 11 is 0. The fraction of sp³-hybridized carbons (Fsp3) is 0.500. The summed E-state index contributed by atoms with van der Waals surface area (Å²) in [7, 11) is -3.16. The van der Waals surface area contributed by atoms with Gasteiger partial charge in [0.15, 0.2) is 9.84 Å². The van der Waals surface area contributed by atoms with Crippen LogP contribution in [0.4, 0.5) is 10.1 Å². The minimum absolute atomic E-state index is 0.0624. The van der Waals surface area contributed by atoms with E-state index < -0.39 is 21.9 Å². The standard InChI is InChI=1S/C14H18FN3O3S/c15-9-1-2-11-8(5-9)6-12(17-11)14(19)18-13-7-22(20,21)4-3-10(13)16/h1-2,5,10,12-13,17H,3-4,6-7,16H2,(H,18,19)/t10-,12?,13+/m1/s1. The molecule has 1 saturated heterocycles. The van der Waals surface area contributed by atoms with Crippen LogP contribution >= 0.6 is 0 Å². The maximum absolute atomic E-state index is 13.2. The number of hydrogen-bond donors (Lipinski definition) is 3. The highest BCUT2D eigenvalue weighted by molar-refractivity contribution is 7.91. The maximum atomic E-state index is 13.2. The van der Waals surface area contributed by atoms with Gasteiger partial charge in [-0.05, 0) is 30.2 Å². The number of benzene rings is 1. The number of nitrogens with one attached hydrogen (secondary N) is 2. The molecule has 1 unspecified atom stereocenters. The molecular formula is C14H18FN3O3S. The molecule has 2 aliphatic rings. The third-order valence-electron chi connectivity index (χ3n) is 4.18. The van der Waals surface area contributed by atoms with Crippen LogP contribution in [0.25, 0.3) is 0 Å². The Labute approximate surface area is 128 Å². The third kappa shape index (κ3) is 3.07. The first-order chi connectivity index (χ1) is 10.3. The van der Waals surface area contributed by atoms with Gasteiger partial charge in [0, 0.05) is 18.2 Å². The summed E-state index contributed by atoms with van der Waals surface area (Å²) in [5.74, 6) is -0.725. The minimum atomic E-state index is -3.16. The SMILES string of the molecule is N[C@@H]1CCS(=O)(=O)C[C@@H]1NC(=O)C1Cc2cc(F)ccc2N1. The van der Waals surface area contributed by atoms with E-state index in [9.17, 15) is 17.6 Å². The van der Waals surface area contributed by atoms with E-state index in [1.807, 2.05) is 0 Å². The van der Waals surface area contributed by atoms with Crippen LogP contribution in [0.3, 0.4) is 0 Å². The fourth-order valence-electron chi connectivity index (χ4n) is 2.92. The second kappa shape index (κ2) is 5.51. The van der Waals surface area contributed by atoms with E-state index in [4.69, 9.17) is 5.73 Å². The predicted molar refractivity (Wildman–Crippen MR) is 80.7 cm³/mol. The minimum Gasteiger partial charge on any atom is -0.373 e. The molecule has 2 heterocycles. The Hall–Kier alpha value is -1.67. The Morgan fingerprint density at radius 2 is 2.18 bits per heavy atom. The molecule has 0 saturated carbocycles. The molecule has 0 spiro atoms. The summed E-state index contributed by atoms with van der Waals surface area (Å²) in [4.78, 5) is 12.3. The number of rotatable bonds is 2. The Bertz CT molecular complexity index is 707. The number of fused-ring (bicyclic) bond motifs is 1. The number of anilines is 1. The lowest BCUT2D eigenvalue weighted by molar-refractivity contribution is -0.122. The Morgan fingerprint density at radius 1 is 1.41 bits per heavy atom. The molecule has 22 heavy (non-hydrogen) atoms. The smallest absolute Gasteiger partial charge is 0.243 e. The molecule has 3 atom stereocenters.